The van der Waals surface area contributed by atoms with E-state index in [-0.39, 0.29) is 104 Å². The second kappa shape index (κ2) is 53.1. The van der Waals surface area contributed by atoms with E-state index in [1.54, 1.807) is 0 Å². The Labute approximate surface area is 852 Å². The molecule has 9 amide bonds. The van der Waals surface area contributed by atoms with Crippen LogP contribution in [-0.4, -0.2) is 378 Å². The lowest BCUT2D eigenvalue weighted by Crippen LogP contribution is -2.75. The van der Waals surface area contributed by atoms with Crippen LogP contribution in [0.4, 0.5) is 0 Å². The van der Waals surface area contributed by atoms with Crippen molar-refractivity contribution in [1.29, 1.82) is 0 Å². The smallest absolute Gasteiger partial charge is 0.246 e. The molecule has 0 saturated carbocycles. The SMILES string of the molecule is C=CC(=O)N1CC2(C1)CN(C(C)(C)C)C2.C=CC(=O)N1CCC(C(C)(C)C)CC1.C=CC(=O)N1CCC(N(C)C(C)(C)C)CC1.C=CC(=O)N1CCC(OC(C)(C)C)CC1.C=CC(=O)N1CCC2(CC1)CN(C(C)(C)C)C2.C=CC(=O)N1C[C@@H](C)N(C(C)(C)C)[C@@H](C)C1.C=CC(=O)N1C[C@@H]2CN(C(C)(C)C)C[C@@H]2C1.C=CC(=O)N1[C@H](C)CN(C(C)(C)C)C[C@@H]1C.C=CC(=O)NC1CCN(C(C)(C)C)CC1. The van der Waals surface area contributed by atoms with Crippen molar-refractivity contribution in [1.82, 2.24) is 78.8 Å². The number of rotatable bonds is 12. The molecule has 2 spiro atoms. The molecule has 0 aromatic heterocycles. The topological polar surface area (TPSA) is 223 Å². The number of ether oxygens (including phenoxy) is 1. The lowest BCUT2D eigenvalue weighted by molar-refractivity contribution is -0.164. The van der Waals surface area contributed by atoms with E-state index in [1.165, 1.54) is 67.8 Å². The van der Waals surface area contributed by atoms with Crippen LogP contribution in [0, 0.1) is 34.0 Å². The minimum absolute atomic E-state index is 0.0317. The number of fused-ring (bicyclic) bond motifs is 1. The van der Waals surface area contributed by atoms with Gasteiger partial charge in [-0.15, -0.1) is 0 Å². The van der Waals surface area contributed by atoms with Gasteiger partial charge in [-0.2, -0.15) is 0 Å². The van der Waals surface area contributed by atoms with E-state index in [9.17, 15) is 43.2 Å². The van der Waals surface area contributed by atoms with Crippen LogP contribution in [0.2, 0.25) is 0 Å². The number of carbonyl (C=O) groups excluding carboxylic acids is 9. The lowest BCUT2D eigenvalue weighted by atomic mass is 9.70. The fourth-order valence-corrected chi connectivity index (χ4v) is 21.6. The maximum atomic E-state index is 11.7. The van der Waals surface area contributed by atoms with Gasteiger partial charge in [-0.25, -0.2) is 0 Å². The number of likely N-dealkylation sites (tertiary alicyclic amines) is 10. The van der Waals surface area contributed by atoms with Crippen LogP contribution >= 0.6 is 0 Å². The summed E-state index contributed by atoms with van der Waals surface area (Å²) in [6, 6.07) is 2.23. The van der Waals surface area contributed by atoms with Crippen molar-refractivity contribution >= 4 is 53.2 Å². The average Bonchev–Trinajstić information content (AvgIpc) is 0.815. The predicted octanol–water partition coefficient (Wildman–Crippen LogP) is 16.0. The maximum absolute atomic E-state index is 11.7. The summed E-state index contributed by atoms with van der Waals surface area (Å²) in [5.74, 6) is 2.57. The van der Waals surface area contributed by atoms with Crippen molar-refractivity contribution in [2.24, 2.45) is 34.0 Å². The first-order valence-electron chi connectivity index (χ1n) is 52.6. The van der Waals surface area contributed by atoms with Gasteiger partial charge in [0.2, 0.25) is 53.2 Å². The summed E-state index contributed by atoms with van der Waals surface area (Å²) in [5.41, 5.74) is 2.79. The Bertz CT molecular complexity index is 4000. The van der Waals surface area contributed by atoms with Gasteiger partial charge < -0.3 is 49.3 Å². The van der Waals surface area contributed by atoms with Crippen LogP contribution in [0.1, 0.15) is 279 Å². The van der Waals surface area contributed by atoms with E-state index in [1.807, 2.05) is 39.2 Å². The minimum Gasteiger partial charge on any atom is -0.372 e. The maximum Gasteiger partial charge on any atom is 0.246 e. The molecule has 12 aliphatic heterocycles. The number of hydrogen-bond donors (Lipinski definition) is 1. The van der Waals surface area contributed by atoms with Crippen molar-refractivity contribution in [3.63, 3.8) is 0 Å². The van der Waals surface area contributed by atoms with Crippen LogP contribution < -0.4 is 5.32 Å². The van der Waals surface area contributed by atoms with E-state index < -0.39 is 0 Å². The number of hydrogen-bond acceptors (Lipinski definition) is 17. The Morgan fingerprint density at radius 1 is 0.314 bits per heavy atom. The van der Waals surface area contributed by atoms with Gasteiger partial charge in [-0.3, -0.25) is 77.5 Å². The Kier molecular flexibility index (Phi) is 47.3. The molecular weight excluding hydrogens is 1750 g/mol. The number of carbonyl (C=O) groups is 9. The fourth-order valence-electron chi connectivity index (χ4n) is 21.6. The number of piperazine rings is 2. The first kappa shape index (κ1) is 125. The highest BCUT2D eigenvalue weighted by molar-refractivity contribution is 5.90. The number of piperidine rings is 5. The van der Waals surface area contributed by atoms with Gasteiger partial charge >= 0.3 is 0 Å². The van der Waals surface area contributed by atoms with Gasteiger partial charge in [-0.05, 0) is 348 Å². The van der Waals surface area contributed by atoms with Crippen LogP contribution in [0.25, 0.3) is 0 Å². The second-order valence-corrected chi connectivity index (χ2v) is 50.8. The molecule has 6 atom stereocenters. The molecule has 0 bridgehead atoms. The molecule has 26 heteroatoms. The number of nitrogens with one attached hydrogen (secondary N) is 1. The number of amides is 9. The van der Waals surface area contributed by atoms with Crippen LogP contribution in [0.5, 0.6) is 0 Å². The molecule has 12 rings (SSSR count). The van der Waals surface area contributed by atoms with Gasteiger partial charge in [0.05, 0.1) is 11.7 Å². The molecule has 26 nitrogen and oxygen atoms in total. The van der Waals surface area contributed by atoms with E-state index in [0.29, 0.717) is 63.9 Å². The average molecular weight is 1960 g/mol. The third-order valence-corrected chi connectivity index (χ3v) is 30.4. The van der Waals surface area contributed by atoms with E-state index in [2.05, 4.69) is 321 Å². The highest BCUT2D eigenvalue weighted by atomic mass is 16.5. The number of nitrogens with zero attached hydrogens (tertiary/aromatic N) is 15. The van der Waals surface area contributed by atoms with Crippen molar-refractivity contribution in [3.05, 3.63) is 114 Å². The first-order chi connectivity index (χ1) is 64.3. The summed E-state index contributed by atoms with van der Waals surface area (Å²) < 4.78 is 5.88. The molecule has 0 unspecified atom stereocenters. The summed E-state index contributed by atoms with van der Waals surface area (Å²) in [7, 11) is 2.18. The Balaban J connectivity index is 0.000000329. The summed E-state index contributed by atoms with van der Waals surface area (Å²) in [5, 5.41) is 2.96. The second-order valence-electron chi connectivity index (χ2n) is 50.8. The standard InChI is InChI=1S/C14H24N2O.C13H22N2O.3C13H24N2O.C12H20N2O.C12H22N2O.C12H21NO2.C12H21NO/c1-5-12(17)15-8-6-14(7-9-15)10-16(11-14)13(2,3)4;1-5-12(16)14-6-10-8-15(13(2,3)4)9-11(10)7-14;1-7-12(16)15-10(2)8-14(9-11(15)3)13(4,5)6;1-7-12(16)14-8-10(2)15(11(3)9-14)13(4,5)6;1-6-12(16)15-9-7-11(8-10-15)14(5)13(2,3)4;1-5-10(15)13-6-12(7-13)8-14(9-12)11(2,3)4;1-5-11(15)13-10-6-8-14(9-7-10)12(2,3)4;1-5-11(14)13-8-6-10(7-9-13)15-12(2,3)4;1-5-11(14)13-8-6-10(7-9-13)12(2,3)4/h5H,1,6-11H2,2-4H3;5,10-11H,1,6-9H2,2-4H3;2*7,10-11H,1,8-9H2,2-6H3;6,11H,1,7-10H2,2-5H3;5H,1,6-9H2,2-4H3;5,10H,1,6-9H2,2-4H3,(H,13,15);5,10H,1,6-9H2,2-4H3;5,10H,1,6-9H2,2-4H3/t;3*10-,11+;;;;;. The van der Waals surface area contributed by atoms with Crippen molar-refractivity contribution in [2.75, 3.05) is 164 Å². The van der Waals surface area contributed by atoms with E-state index >= 15 is 0 Å². The highest BCUT2D eigenvalue weighted by Crippen LogP contribution is 2.45. The molecule has 1 N–H and O–H groups in total. The zero-order valence-corrected chi connectivity index (χ0v) is 94.7. The van der Waals surface area contributed by atoms with E-state index in [0.717, 1.165) is 214 Å². The van der Waals surface area contributed by atoms with Gasteiger partial charge in [0.1, 0.15) is 0 Å². The van der Waals surface area contributed by atoms with E-state index in [4.69, 9.17) is 4.74 Å². The Morgan fingerprint density at radius 3 is 0.950 bits per heavy atom. The third kappa shape index (κ3) is 38.8. The van der Waals surface area contributed by atoms with Crippen molar-refractivity contribution in [2.45, 2.75) is 366 Å². The van der Waals surface area contributed by atoms with Gasteiger partial charge in [-0.1, -0.05) is 80.0 Å². The molecule has 0 aromatic rings. The molecule has 140 heavy (non-hydrogen) atoms. The minimum atomic E-state index is -0.0880. The normalized spacial score (nSPS) is 23.8. The molecule has 12 aliphatic rings. The molecule has 0 aliphatic carbocycles. The van der Waals surface area contributed by atoms with Crippen LogP contribution in [0.3, 0.4) is 0 Å². The zero-order chi connectivity index (χ0) is 107. The van der Waals surface area contributed by atoms with Crippen LogP contribution in [-0.2, 0) is 47.9 Å². The molecule has 12 heterocycles. The van der Waals surface area contributed by atoms with Gasteiger partial charge in [0.15, 0.2) is 0 Å². The Hall–Kier alpha value is -7.43. The van der Waals surface area contributed by atoms with Gasteiger partial charge in [0.25, 0.3) is 0 Å². The monoisotopic (exact) mass is 1960 g/mol. The quantitative estimate of drug-likeness (QED) is 0.179. The fraction of sp³-hybridized carbons (Fsp3) is 0.763. The van der Waals surface area contributed by atoms with Gasteiger partial charge in [0, 0.05) is 238 Å². The molecular formula is C114H202N16O10. The first-order valence-corrected chi connectivity index (χ1v) is 52.6. The molecule has 798 valence electrons. The van der Waals surface area contributed by atoms with Crippen LogP contribution in [0.15, 0.2) is 114 Å². The highest BCUT2D eigenvalue weighted by Gasteiger charge is 2.55. The zero-order valence-electron chi connectivity index (χ0n) is 94.7. The van der Waals surface area contributed by atoms with Crippen molar-refractivity contribution in [3.8, 4) is 0 Å². The summed E-state index contributed by atoms with van der Waals surface area (Å²) in [6.07, 6.45) is 23.6. The third-order valence-electron chi connectivity index (χ3n) is 30.4. The summed E-state index contributed by atoms with van der Waals surface area (Å²) >= 11 is 0. The Morgan fingerprint density at radius 2 is 0.629 bits per heavy atom. The van der Waals surface area contributed by atoms with Crippen molar-refractivity contribution < 1.29 is 47.9 Å². The predicted molar refractivity (Wildman–Crippen MR) is 580 cm³/mol. The molecule has 0 radical (unpaired) electrons. The molecule has 12 saturated heterocycles. The molecule has 0 aromatic carbocycles. The summed E-state index contributed by atoms with van der Waals surface area (Å²) in [4.78, 5) is 135. The molecule has 12 fully saturated rings. The largest absolute Gasteiger partial charge is 0.372 e. The lowest BCUT2D eigenvalue weighted by Gasteiger charge is -2.63. The summed E-state index contributed by atoms with van der Waals surface area (Å²) in [6.45, 7) is 123.